The first-order chi connectivity index (χ1) is 0. The molecule has 0 saturated carbocycles. The average molecular weight is 358 g/mol. The minimum absolute atomic E-state index is 0. The maximum Gasteiger partial charge on any atom is 0 e. The smallest absolute Gasteiger partial charge is 0 e. The Bertz CT molecular complexity index is 7.61. The Morgan fingerprint density at radius 3 is 0.600 bits per heavy atom. The molecule has 0 radical (unpaired) electrons. The molecule has 0 aliphatic carbocycles. The molecule has 0 aliphatic heterocycles. The number of rotatable bonds is 0. The van der Waals surface area contributed by atoms with Crippen molar-refractivity contribution in [3.63, 3.8) is 0 Å². The van der Waals surface area contributed by atoms with Crippen LogP contribution in [0, 0.1) is 0 Å². The molecule has 0 fully saturated rings. The van der Waals surface area contributed by atoms with Gasteiger partial charge < -0.3 is 0 Å². The molecule has 22 valence electrons. The fraction of sp³-hybridized carbons (Fsp3) is 0. The molecule has 0 unspecified atom stereocenters. The summed E-state index contributed by atoms with van der Waals surface area (Å²) >= 11 is 0. The van der Waals surface area contributed by atoms with E-state index in [0.717, 1.165) is 0 Å². The van der Waals surface area contributed by atoms with Crippen molar-refractivity contribution in [1.82, 2.24) is 0 Å². The molecule has 5 heteroatoms. The van der Waals surface area contributed by atoms with Crippen LogP contribution in [0.15, 0.2) is 0 Å². The summed E-state index contributed by atoms with van der Waals surface area (Å²) in [5, 5.41) is 0. The van der Waals surface area contributed by atoms with Crippen LogP contribution >= 0.6 is 27.0 Å². The Kier molecular flexibility index (Phi) is 227. The normalized spacial score (nSPS) is 0. The van der Waals surface area contributed by atoms with E-state index >= 15 is 0 Å². The molecule has 5 heavy (non-hydrogen) atoms. The summed E-state index contributed by atoms with van der Waals surface area (Å²) in [6.45, 7) is 0. The first-order valence-corrected chi connectivity index (χ1v) is 0. The van der Waals surface area contributed by atoms with Crippen molar-refractivity contribution in [3.8, 4) is 0 Å². The molecule has 0 aromatic rings. The van der Waals surface area contributed by atoms with Crippen molar-refractivity contribution >= 4 is 27.0 Å². The van der Waals surface area contributed by atoms with Gasteiger partial charge in [-0.1, -0.05) is 0 Å². The van der Waals surface area contributed by atoms with E-state index in [1.807, 2.05) is 0 Å². The van der Waals surface area contributed by atoms with Gasteiger partial charge in [-0.15, -0.1) is 0 Å². The molecule has 0 rings (SSSR count). The molecule has 0 aliphatic rings. The molecule has 0 atom stereocenters. The van der Waals surface area contributed by atoms with E-state index in [9.17, 15) is 0 Å². The molecule has 0 N–H and O–H groups in total. The quantitative estimate of drug-likeness (QED) is 0.544. The molecule has 0 aromatic heterocycles. The van der Waals surface area contributed by atoms with Crippen LogP contribution < -0.4 is 0 Å². The van der Waals surface area contributed by atoms with E-state index in [0.29, 0.717) is 0 Å². The van der Waals surface area contributed by atoms with Gasteiger partial charge in [-0.25, -0.2) is 0 Å². The van der Waals surface area contributed by atoms with E-state index in [1.54, 1.807) is 0 Å². The first kappa shape index (κ1) is 41.8. The predicted octanol–water partition coefficient (Wildman–Crippen LogP) is 0.218. The van der Waals surface area contributed by atoms with E-state index in [1.165, 1.54) is 0 Å². The van der Waals surface area contributed by atoms with Crippen LogP contribution in [0.2, 0.25) is 0 Å². The van der Waals surface area contributed by atoms with Crippen LogP contribution in [0.5, 0.6) is 0 Å². The molecule has 0 heterocycles. The maximum absolute atomic E-state index is 0. The standard InChI is InChI=1S/2Cd.2H2S.Zn/h;;2*1H2;. The van der Waals surface area contributed by atoms with Crippen LogP contribution in [0.1, 0.15) is 0 Å². The average Bonchev–Trinajstić information content (AvgIpc) is 0. The Balaban J connectivity index is 0. The van der Waals surface area contributed by atoms with Gasteiger partial charge in [0.05, 0.1) is 0 Å². The molecule has 0 aromatic carbocycles. The second-order valence-electron chi connectivity index (χ2n) is 0. The second kappa shape index (κ2) is 27.2. The van der Waals surface area contributed by atoms with Crippen molar-refractivity contribution in [2.24, 2.45) is 0 Å². The van der Waals surface area contributed by atoms with Gasteiger partial charge in [-0.05, 0) is 0 Å². The summed E-state index contributed by atoms with van der Waals surface area (Å²) in [6, 6.07) is 0. The van der Waals surface area contributed by atoms with E-state index in [4.69, 9.17) is 0 Å². The molecular weight excluding hydrogens is 354 g/mol. The van der Waals surface area contributed by atoms with Crippen molar-refractivity contribution in [1.29, 1.82) is 0 Å². The second-order valence-corrected chi connectivity index (χ2v) is 0. The van der Waals surface area contributed by atoms with Crippen LogP contribution in [0.3, 0.4) is 0 Å². The van der Waals surface area contributed by atoms with E-state index in [2.05, 4.69) is 0 Å². The van der Waals surface area contributed by atoms with E-state index in [-0.39, 0.29) is 101 Å². The fourth-order valence-electron chi connectivity index (χ4n) is 0. The summed E-state index contributed by atoms with van der Waals surface area (Å²) in [4.78, 5) is 0. The van der Waals surface area contributed by atoms with Gasteiger partial charge in [-0.3, -0.25) is 0 Å². The van der Waals surface area contributed by atoms with Gasteiger partial charge in [0.1, 0.15) is 0 Å². The summed E-state index contributed by atoms with van der Waals surface area (Å²) < 4.78 is 0. The number of hydrogen-bond donors (Lipinski definition) is 0. The maximum atomic E-state index is 0. The molecule has 0 nitrogen and oxygen atoms in total. The van der Waals surface area contributed by atoms with Gasteiger partial charge in [0.2, 0.25) is 0 Å². The van der Waals surface area contributed by atoms with Gasteiger partial charge in [0, 0.05) is 74.1 Å². The summed E-state index contributed by atoms with van der Waals surface area (Å²) in [5.41, 5.74) is 0. The minimum atomic E-state index is 0. The van der Waals surface area contributed by atoms with Crippen molar-refractivity contribution in [2.75, 3.05) is 0 Å². The Morgan fingerprint density at radius 2 is 0.600 bits per heavy atom. The van der Waals surface area contributed by atoms with Crippen LogP contribution in [0.25, 0.3) is 0 Å². The molecule has 0 spiro atoms. The molecule has 0 saturated heterocycles. The summed E-state index contributed by atoms with van der Waals surface area (Å²) in [7, 11) is 0. The Morgan fingerprint density at radius 1 is 0.600 bits per heavy atom. The predicted molar refractivity (Wildman–Crippen MR) is 20.8 cm³/mol. The van der Waals surface area contributed by atoms with Crippen LogP contribution in [-0.2, 0) is 74.1 Å². The third kappa shape index (κ3) is 19.1. The Labute approximate surface area is 99.2 Å². The van der Waals surface area contributed by atoms with Gasteiger partial charge in [0.15, 0.2) is 0 Å². The van der Waals surface area contributed by atoms with E-state index < -0.39 is 0 Å². The Hall–Kier alpha value is 3.17. The SMILES string of the molecule is S.S.[Cd].[Cd].[Zn]. The number of hydrogen-bond acceptors (Lipinski definition) is 0. The van der Waals surface area contributed by atoms with Crippen molar-refractivity contribution in [2.45, 2.75) is 0 Å². The zero-order chi connectivity index (χ0) is 0. The zero-order valence-electron chi connectivity index (χ0n) is 3.12. The van der Waals surface area contributed by atoms with Crippen LogP contribution in [0.4, 0.5) is 0 Å². The van der Waals surface area contributed by atoms with Gasteiger partial charge >= 0.3 is 0 Å². The fourth-order valence-corrected chi connectivity index (χ4v) is 0. The largest absolute Gasteiger partial charge is 0.197 e. The summed E-state index contributed by atoms with van der Waals surface area (Å²) in [6.07, 6.45) is 0. The molecular formula is H4Cd2S2Zn. The third-order valence-corrected chi connectivity index (χ3v) is 0. The third-order valence-electron chi connectivity index (χ3n) is 0. The molecule has 0 bridgehead atoms. The minimum Gasteiger partial charge on any atom is -0.197 e. The monoisotopic (exact) mass is 360 g/mol. The topological polar surface area (TPSA) is 0 Å². The summed E-state index contributed by atoms with van der Waals surface area (Å²) in [5.74, 6) is 0. The van der Waals surface area contributed by atoms with Gasteiger partial charge in [0.25, 0.3) is 0 Å². The zero-order valence-corrected chi connectivity index (χ0v) is 16.2. The van der Waals surface area contributed by atoms with Crippen molar-refractivity contribution < 1.29 is 74.1 Å². The molecule has 0 amide bonds. The van der Waals surface area contributed by atoms with Crippen molar-refractivity contribution in [3.05, 3.63) is 0 Å². The first-order valence-electron chi connectivity index (χ1n) is 0. The van der Waals surface area contributed by atoms with Crippen LogP contribution in [-0.4, -0.2) is 0 Å². The van der Waals surface area contributed by atoms with Gasteiger partial charge in [-0.2, -0.15) is 27.0 Å².